The SMILES string of the molecule is Cc1cc([N+](=O)[O-])ccc1N(CCCN)c1ccc([N+](=O)[O-])cc1C. The topological polar surface area (TPSA) is 116 Å². The molecule has 2 rings (SSSR count). The highest BCUT2D eigenvalue weighted by Gasteiger charge is 2.18. The van der Waals surface area contributed by atoms with Crippen molar-refractivity contribution in [3.63, 3.8) is 0 Å². The van der Waals surface area contributed by atoms with Crippen molar-refractivity contribution in [1.29, 1.82) is 0 Å². The van der Waals surface area contributed by atoms with Crippen LogP contribution in [0.5, 0.6) is 0 Å². The van der Waals surface area contributed by atoms with Gasteiger partial charge >= 0.3 is 0 Å². The van der Waals surface area contributed by atoms with Crippen molar-refractivity contribution in [1.82, 2.24) is 0 Å². The summed E-state index contributed by atoms with van der Waals surface area (Å²) in [6, 6.07) is 9.35. The molecule has 0 spiro atoms. The van der Waals surface area contributed by atoms with Crippen LogP contribution in [0.25, 0.3) is 0 Å². The Morgan fingerprint density at radius 3 is 1.68 bits per heavy atom. The number of hydrogen-bond donors (Lipinski definition) is 1. The largest absolute Gasteiger partial charge is 0.341 e. The molecule has 8 nitrogen and oxygen atoms in total. The molecule has 0 aliphatic heterocycles. The van der Waals surface area contributed by atoms with Gasteiger partial charge in [0.05, 0.1) is 9.85 Å². The predicted molar refractivity (Wildman–Crippen MR) is 96.3 cm³/mol. The molecule has 0 saturated heterocycles. The third-order valence-corrected chi connectivity index (χ3v) is 3.95. The van der Waals surface area contributed by atoms with Gasteiger partial charge in [0.15, 0.2) is 0 Å². The molecule has 8 heteroatoms. The fourth-order valence-electron chi connectivity index (χ4n) is 2.73. The number of nitrogens with zero attached hydrogens (tertiary/aromatic N) is 3. The highest BCUT2D eigenvalue weighted by atomic mass is 16.6. The van der Waals surface area contributed by atoms with Gasteiger partial charge in [-0.25, -0.2) is 0 Å². The number of non-ortho nitro benzene ring substituents is 2. The molecule has 25 heavy (non-hydrogen) atoms. The van der Waals surface area contributed by atoms with E-state index in [0.29, 0.717) is 19.5 Å². The summed E-state index contributed by atoms with van der Waals surface area (Å²) < 4.78 is 0. The Bertz CT molecular complexity index is 744. The molecule has 2 N–H and O–H groups in total. The zero-order valence-corrected chi connectivity index (χ0v) is 14.1. The van der Waals surface area contributed by atoms with Crippen molar-refractivity contribution in [2.24, 2.45) is 5.73 Å². The second-order valence-corrected chi connectivity index (χ2v) is 5.75. The van der Waals surface area contributed by atoms with E-state index in [1.54, 1.807) is 26.0 Å². The van der Waals surface area contributed by atoms with Crippen molar-refractivity contribution >= 4 is 22.7 Å². The third kappa shape index (κ3) is 4.10. The fourth-order valence-corrected chi connectivity index (χ4v) is 2.73. The standard InChI is InChI=1S/C17H20N4O4/c1-12-10-14(20(22)23)4-6-16(12)19(9-3-8-18)17-7-5-15(21(24)25)11-13(17)2/h4-7,10-11H,3,8-9,18H2,1-2H3. The van der Waals surface area contributed by atoms with E-state index in [0.717, 1.165) is 22.5 Å². The van der Waals surface area contributed by atoms with Gasteiger partial charge in [0, 0.05) is 42.2 Å². The maximum absolute atomic E-state index is 10.9. The summed E-state index contributed by atoms with van der Waals surface area (Å²) >= 11 is 0. The van der Waals surface area contributed by atoms with Crippen LogP contribution in [0, 0.1) is 34.1 Å². The minimum absolute atomic E-state index is 0.0282. The van der Waals surface area contributed by atoms with Gasteiger partial charge in [-0.2, -0.15) is 0 Å². The minimum atomic E-state index is -0.432. The Labute approximate surface area is 145 Å². The highest BCUT2D eigenvalue weighted by Crippen LogP contribution is 2.34. The summed E-state index contributed by atoms with van der Waals surface area (Å²) in [4.78, 5) is 23.0. The van der Waals surface area contributed by atoms with Gasteiger partial charge in [0.25, 0.3) is 11.4 Å². The first kappa shape index (κ1) is 18.3. The molecule has 2 aromatic carbocycles. The second kappa shape index (κ2) is 7.71. The van der Waals surface area contributed by atoms with E-state index in [1.165, 1.54) is 24.3 Å². The van der Waals surface area contributed by atoms with E-state index in [2.05, 4.69) is 0 Å². The number of benzene rings is 2. The summed E-state index contributed by atoms with van der Waals surface area (Å²) in [5.74, 6) is 0. The van der Waals surface area contributed by atoms with Crippen LogP contribution in [0.3, 0.4) is 0 Å². The highest BCUT2D eigenvalue weighted by molar-refractivity contribution is 5.71. The molecule has 0 aliphatic rings. The smallest absolute Gasteiger partial charge is 0.269 e. The van der Waals surface area contributed by atoms with Gasteiger partial charge in [-0.1, -0.05) is 0 Å². The third-order valence-electron chi connectivity index (χ3n) is 3.95. The van der Waals surface area contributed by atoms with Crippen molar-refractivity contribution in [3.8, 4) is 0 Å². The second-order valence-electron chi connectivity index (χ2n) is 5.75. The Morgan fingerprint density at radius 1 is 0.920 bits per heavy atom. The van der Waals surface area contributed by atoms with Crippen LogP contribution in [-0.4, -0.2) is 22.9 Å². The van der Waals surface area contributed by atoms with Gasteiger partial charge in [-0.05, 0) is 50.1 Å². The zero-order chi connectivity index (χ0) is 18.6. The van der Waals surface area contributed by atoms with E-state index in [4.69, 9.17) is 5.73 Å². The number of nitrogens with two attached hydrogens (primary N) is 1. The molecular weight excluding hydrogens is 324 g/mol. The number of rotatable bonds is 7. The number of aryl methyl sites for hydroxylation is 2. The van der Waals surface area contributed by atoms with Crippen molar-refractivity contribution in [2.75, 3.05) is 18.0 Å². The van der Waals surface area contributed by atoms with Crippen LogP contribution in [-0.2, 0) is 0 Å². The lowest BCUT2D eigenvalue weighted by atomic mass is 10.1. The lowest BCUT2D eigenvalue weighted by Crippen LogP contribution is -2.22. The molecule has 0 saturated carbocycles. The molecule has 2 aromatic rings. The lowest BCUT2D eigenvalue weighted by Gasteiger charge is -2.28. The quantitative estimate of drug-likeness (QED) is 0.606. The number of nitro benzene ring substituents is 2. The fraction of sp³-hybridized carbons (Fsp3) is 0.294. The molecule has 0 heterocycles. The Balaban J connectivity index is 2.50. The van der Waals surface area contributed by atoms with Crippen molar-refractivity contribution in [2.45, 2.75) is 20.3 Å². The van der Waals surface area contributed by atoms with E-state index in [9.17, 15) is 20.2 Å². The summed E-state index contributed by atoms with van der Waals surface area (Å²) in [6.07, 6.45) is 0.715. The molecule has 0 fully saturated rings. The molecule has 0 radical (unpaired) electrons. The summed E-state index contributed by atoms with van der Waals surface area (Å²) in [5.41, 5.74) is 8.83. The first-order chi connectivity index (χ1) is 11.8. The number of anilines is 2. The average Bonchev–Trinajstić information content (AvgIpc) is 2.56. The monoisotopic (exact) mass is 344 g/mol. The molecule has 0 aliphatic carbocycles. The minimum Gasteiger partial charge on any atom is -0.341 e. The molecule has 0 aromatic heterocycles. The maximum atomic E-state index is 10.9. The average molecular weight is 344 g/mol. The van der Waals surface area contributed by atoms with Crippen LogP contribution in [0.2, 0.25) is 0 Å². The van der Waals surface area contributed by atoms with Gasteiger partial charge < -0.3 is 10.6 Å². The molecule has 0 unspecified atom stereocenters. The van der Waals surface area contributed by atoms with E-state index in [1.807, 2.05) is 4.90 Å². The van der Waals surface area contributed by atoms with E-state index >= 15 is 0 Å². The van der Waals surface area contributed by atoms with Gasteiger partial charge in [-0.15, -0.1) is 0 Å². The van der Waals surface area contributed by atoms with E-state index < -0.39 is 9.85 Å². The number of nitro groups is 2. The number of hydrogen-bond acceptors (Lipinski definition) is 6. The van der Waals surface area contributed by atoms with Crippen LogP contribution in [0.1, 0.15) is 17.5 Å². The normalized spacial score (nSPS) is 10.5. The molecular formula is C17H20N4O4. The van der Waals surface area contributed by atoms with Crippen molar-refractivity contribution in [3.05, 3.63) is 67.8 Å². The van der Waals surface area contributed by atoms with Crippen LogP contribution in [0.15, 0.2) is 36.4 Å². The van der Waals surface area contributed by atoms with Crippen LogP contribution >= 0.6 is 0 Å². The lowest BCUT2D eigenvalue weighted by molar-refractivity contribution is -0.385. The summed E-state index contributed by atoms with van der Waals surface area (Å²) in [5, 5.41) is 21.9. The summed E-state index contributed by atoms with van der Waals surface area (Å²) in [6.45, 7) is 4.71. The maximum Gasteiger partial charge on any atom is 0.269 e. The first-order valence-electron chi connectivity index (χ1n) is 7.83. The van der Waals surface area contributed by atoms with Crippen molar-refractivity contribution < 1.29 is 9.85 Å². The van der Waals surface area contributed by atoms with Crippen LogP contribution < -0.4 is 10.6 Å². The Kier molecular flexibility index (Phi) is 5.66. The zero-order valence-electron chi connectivity index (χ0n) is 14.1. The molecule has 0 bridgehead atoms. The van der Waals surface area contributed by atoms with Gasteiger partial charge in [-0.3, -0.25) is 20.2 Å². The van der Waals surface area contributed by atoms with Gasteiger partial charge in [0.2, 0.25) is 0 Å². The first-order valence-corrected chi connectivity index (χ1v) is 7.83. The van der Waals surface area contributed by atoms with Crippen LogP contribution in [0.4, 0.5) is 22.7 Å². The molecule has 132 valence electrons. The van der Waals surface area contributed by atoms with Gasteiger partial charge in [0.1, 0.15) is 0 Å². The Hall–Kier alpha value is -3.00. The summed E-state index contributed by atoms with van der Waals surface area (Å²) in [7, 11) is 0. The molecule has 0 amide bonds. The molecule has 0 atom stereocenters. The van der Waals surface area contributed by atoms with E-state index in [-0.39, 0.29) is 11.4 Å². The Morgan fingerprint density at radius 2 is 1.36 bits per heavy atom. The predicted octanol–water partition coefficient (Wildman–Crippen LogP) is 3.61.